The van der Waals surface area contributed by atoms with Crippen LogP contribution in [0.3, 0.4) is 0 Å². The molecule has 16 heteroatoms. The number of carbonyl (C=O) groups is 3. The molecular formula is C52H62N2O14. The second-order valence-corrected chi connectivity index (χ2v) is 19.8. The Morgan fingerprint density at radius 3 is 2.34 bits per heavy atom. The van der Waals surface area contributed by atoms with Crippen molar-refractivity contribution in [1.29, 1.82) is 0 Å². The Bertz CT molecular complexity index is 2770. The van der Waals surface area contributed by atoms with E-state index in [-0.39, 0.29) is 87.9 Å². The number of methoxy groups -OCH3 is 1. The average Bonchev–Trinajstić information content (AvgIpc) is 3.78. The van der Waals surface area contributed by atoms with Crippen molar-refractivity contribution < 1.29 is 61.8 Å². The lowest BCUT2D eigenvalue weighted by molar-refractivity contribution is -0.336. The van der Waals surface area contributed by atoms with E-state index in [2.05, 4.69) is 5.32 Å². The van der Waals surface area contributed by atoms with Crippen molar-refractivity contribution in [3.63, 3.8) is 0 Å². The Hall–Kier alpha value is -5.65. The predicted octanol–water partition coefficient (Wildman–Crippen LogP) is 8.95. The number of aromatic hydroxyl groups is 1. The number of ether oxygens (including phenoxy) is 8. The van der Waals surface area contributed by atoms with Crippen molar-refractivity contribution in [3.8, 4) is 23.0 Å². The summed E-state index contributed by atoms with van der Waals surface area (Å²) in [5.74, 6) is -4.75. The molecule has 2 saturated heterocycles. The molecule has 1 amide bonds. The summed E-state index contributed by atoms with van der Waals surface area (Å²) in [6.07, 6.45) is 5.14. The monoisotopic (exact) mass is 938 g/mol. The van der Waals surface area contributed by atoms with Crippen LogP contribution < -0.4 is 15.5 Å². The topological polar surface area (TPSA) is 200 Å². The van der Waals surface area contributed by atoms with Crippen LogP contribution in [0.1, 0.15) is 91.6 Å². The largest absolute Gasteiger partial charge is 0.508 e. The standard InChI is InChI=1S/C52H62N2O14/c1-25-17-15-18-26(2)48(58)54-39-41(56)36-35(38-46(39)63-34-20-14-13-19-32(34)53-38)37-45(28(4)40(36)55)68-52(11,47(37)57)22-16-21-33(60-12)27(3)43(30(6)44-29(5)42(25)66-51(9,10)67-44)64-49(59)61-23-31-24-62-50(7,8)65-31/h13-21,25,27,29-31,33,42-44,55H,22-24H2,1-12H3,(H,54,58)/b17-15+,21-16+,26-18-/t25-,27+,29+,30-,31?,33-,42?,43+,44+,52+/m0/s1. The molecule has 0 saturated carbocycles. The molecule has 9 rings (SSSR count). The van der Waals surface area contributed by atoms with E-state index in [1.165, 1.54) is 0 Å². The van der Waals surface area contributed by atoms with E-state index in [1.54, 1.807) is 90.3 Å². The van der Waals surface area contributed by atoms with Gasteiger partial charge in [0.1, 0.15) is 47.2 Å². The van der Waals surface area contributed by atoms with Crippen LogP contribution in [0.4, 0.5) is 10.5 Å². The second-order valence-electron chi connectivity index (χ2n) is 19.8. The van der Waals surface area contributed by atoms with Crippen molar-refractivity contribution in [2.45, 2.75) is 130 Å². The van der Waals surface area contributed by atoms with E-state index in [0.29, 0.717) is 11.1 Å². The van der Waals surface area contributed by atoms with Crippen LogP contribution in [-0.4, -0.2) is 96.0 Å². The van der Waals surface area contributed by atoms with Crippen LogP contribution in [0.2, 0.25) is 0 Å². The summed E-state index contributed by atoms with van der Waals surface area (Å²) < 4.78 is 55.6. The van der Waals surface area contributed by atoms with E-state index in [4.69, 9.17) is 47.3 Å². The Morgan fingerprint density at radius 2 is 1.63 bits per heavy atom. The number of allylic oxidation sites excluding steroid dienone is 2. The zero-order chi connectivity index (χ0) is 49.2. The van der Waals surface area contributed by atoms with Crippen molar-refractivity contribution in [3.05, 3.63) is 81.6 Å². The molecule has 6 aliphatic heterocycles. The van der Waals surface area contributed by atoms with E-state index in [9.17, 15) is 24.3 Å². The number of amides is 1. The number of ketones is 1. The zero-order valence-electron chi connectivity index (χ0n) is 40.7. The van der Waals surface area contributed by atoms with E-state index in [0.717, 1.165) is 0 Å². The first kappa shape index (κ1) is 48.8. The smallest absolute Gasteiger partial charge is 0.507 e. The van der Waals surface area contributed by atoms with Gasteiger partial charge in [-0.25, -0.2) is 9.78 Å². The quantitative estimate of drug-likeness (QED) is 0.0850. The molecule has 10 atom stereocenters. The minimum absolute atomic E-state index is 0.0295. The Labute approximate surface area is 395 Å². The first-order chi connectivity index (χ1) is 32.0. The maximum Gasteiger partial charge on any atom is 0.508 e. The van der Waals surface area contributed by atoms with Crippen LogP contribution in [0.15, 0.2) is 69.4 Å². The summed E-state index contributed by atoms with van der Waals surface area (Å²) in [5, 5.41) is 14.4. The van der Waals surface area contributed by atoms with Gasteiger partial charge in [-0.3, -0.25) is 14.4 Å². The first-order valence-electron chi connectivity index (χ1n) is 23.2. The fourth-order valence-corrected chi connectivity index (χ4v) is 10.1. The molecule has 0 spiro atoms. The number of rotatable bonds is 4. The number of anilines is 1. The molecule has 2 aromatic carbocycles. The average molecular weight is 939 g/mol. The summed E-state index contributed by atoms with van der Waals surface area (Å²) in [7, 11) is 1.55. The second kappa shape index (κ2) is 18.3. The molecule has 7 aliphatic rings. The highest BCUT2D eigenvalue weighted by molar-refractivity contribution is 6.22. The number of hydrogen-bond acceptors (Lipinski definition) is 15. The molecule has 1 aliphatic carbocycles. The lowest BCUT2D eigenvalue weighted by atomic mass is 9.77. The minimum Gasteiger partial charge on any atom is -0.507 e. The van der Waals surface area contributed by atoms with E-state index < -0.39 is 82.5 Å². The molecule has 16 nitrogen and oxygen atoms in total. The van der Waals surface area contributed by atoms with Crippen molar-refractivity contribution in [2.75, 3.05) is 25.6 Å². The molecule has 2 N–H and O–H groups in total. The van der Waals surface area contributed by atoms with Gasteiger partial charge in [-0.15, -0.1) is 0 Å². The number of Topliss-reactive ketones (excluding diaryl/α,β-unsaturated/α-hetero) is 1. The van der Waals surface area contributed by atoms with Crippen molar-refractivity contribution in [2.24, 2.45) is 23.7 Å². The van der Waals surface area contributed by atoms with Gasteiger partial charge in [0.05, 0.1) is 35.9 Å². The summed E-state index contributed by atoms with van der Waals surface area (Å²) in [6, 6.07) is 6.91. The number of carbonyl (C=O) groups excluding carboxylic acids is 3. The molecule has 6 heterocycles. The van der Waals surface area contributed by atoms with Gasteiger partial charge in [-0.05, 0) is 60.6 Å². The fourth-order valence-electron chi connectivity index (χ4n) is 10.1. The van der Waals surface area contributed by atoms with E-state index in [1.807, 2.05) is 47.6 Å². The third kappa shape index (κ3) is 9.04. The summed E-state index contributed by atoms with van der Waals surface area (Å²) in [5.41, 5.74) is -1.26. The molecule has 2 unspecified atom stereocenters. The third-order valence-electron chi connectivity index (χ3n) is 13.8. The number of para-hydroxylation sites is 2. The van der Waals surface area contributed by atoms with Gasteiger partial charge in [-0.2, -0.15) is 0 Å². The molecule has 68 heavy (non-hydrogen) atoms. The highest BCUT2D eigenvalue weighted by Crippen LogP contribution is 2.51. The van der Waals surface area contributed by atoms with Gasteiger partial charge in [-0.1, -0.05) is 70.2 Å². The summed E-state index contributed by atoms with van der Waals surface area (Å²) in [6.45, 7) is 20.1. The van der Waals surface area contributed by atoms with Gasteiger partial charge >= 0.3 is 6.16 Å². The van der Waals surface area contributed by atoms with Crippen molar-refractivity contribution in [1.82, 2.24) is 4.98 Å². The van der Waals surface area contributed by atoms with Crippen LogP contribution in [0.5, 0.6) is 11.5 Å². The Balaban J connectivity index is 1.24. The molecule has 2 fully saturated rings. The SMILES string of the molecule is CO[C@H]1/C=C/C[C@@]2(C)Oc3c(C)c(O)c4c(=O)c(c5oc6ccccc6nc-5c4c3C2=O)NC(=O)/C(C)=C\C=C\[C@H](C)C2OC(C)(C)O[C@@H]([C@@H](C)[C@H](OC(=O)OCC3COC(C)(C)O3)[C@@H]1C)[C@@H]2C. The maximum atomic E-state index is 14.9. The molecule has 7 bridgehead atoms. The highest BCUT2D eigenvalue weighted by atomic mass is 16.8. The lowest BCUT2D eigenvalue weighted by Gasteiger charge is -2.50. The van der Waals surface area contributed by atoms with Crippen molar-refractivity contribution >= 4 is 45.4 Å². The number of fused-ring (bicyclic) bond motifs is 10. The highest BCUT2D eigenvalue weighted by Gasteiger charge is 2.50. The summed E-state index contributed by atoms with van der Waals surface area (Å²) in [4.78, 5) is 62.2. The lowest BCUT2D eigenvalue weighted by Crippen LogP contribution is -2.56. The number of phenols is 1. The van der Waals surface area contributed by atoms with Gasteiger partial charge in [0.15, 0.2) is 28.5 Å². The Morgan fingerprint density at radius 1 is 0.912 bits per heavy atom. The van der Waals surface area contributed by atoms with Crippen LogP contribution in [-0.2, 0) is 38.0 Å². The van der Waals surface area contributed by atoms with Gasteiger partial charge in [0.2, 0.25) is 11.2 Å². The minimum atomic E-state index is -1.53. The zero-order valence-corrected chi connectivity index (χ0v) is 40.7. The normalized spacial score (nSPS) is 32.4. The number of phenolic OH excluding ortho intramolecular Hbond substituents is 1. The number of nitrogens with zero attached hydrogens (tertiary/aromatic N) is 1. The number of benzene rings is 3. The maximum absolute atomic E-state index is 14.9. The van der Waals surface area contributed by atoms with Crippen LogP contribution in [0, 0.1) is 30.6 Å². The number of nitrogens with one attached hydrogen (secondary N) is 1. The van der Waals surface area contributed by atoms with Gasteiger partial charge < -0.3 is 52.7 Å². The molecule has 364 valence electrons. The third-order valence-corrected chi connectivity index (χ3v) is 13.8. The fraction of sp³-hybridized carbons (Fsp3) is 0.519. The molecular weight excluding hydrogens is 877 g/mol. The molecule has 0 radical (unpaired) electrons. The van der Waals surface area contributed by atoms with Crippen LogP contribution in [0.25, 0.3) is 33.3 Å². The number of aromatic nitrogens is 1. The number of hydrogen-bond donors (Lipinski definition) is 2. The van der Waals surface area contributed by atoms with Crippen LogP contribution >= 0.6 is 0 Å². The van der Waals surface area contributed by atoms with E-state index >= 15 is 0 Å². The van der Waals surface area contributed by atoms with Gasteiger partial charge in [0.25, 0.3) is 5.91 Å². The molecule has 2 aromatic rings. The Kier molecular flexibility index (Phi) is 13.2. The first-order valence-corrected chi connectivity index (χ1v) is 23.2. The summed E-state index contributed by atoms with van der Waals surface area (Å²) >= 11 is 0. The predicted molar refractivity (Wildman–Crippen MR) is 252 cm³/mol. The van der Waals surface area contributed by atoms with Gasteiger partial charge in [0, 0.05) is 53.7 Å². The molecule has 0 aromatic heterocycles.